The first-order valence-electron chi connectivity index (χ1n) is 10.7. The fourth-order valence-corrected chi connectivity index (χ4v) is 5.44. The molecule has 4 heteroatoms. The standard InChI is InChI=1S/C23H33N3O/c1-16(2)17-8-10-18(11-9-17)25-14-12-19(13-15-25)26-21-7-5-4-6-20(21)22(24-3)23(26)27/h4-7,16-19H,8-15H2,1-3H3. The van der Waals surface area contributed by atoms with Crippen LogP contribution in [-0.2, 0) is 4.79 Å². The van der Waals surface area contributed by atoms with Crippen molar-refractivity contribution in [2.24, 2.45) is 16.8 Å². The fraction of sp³-hybridized carbons (Fsp3) is 0.652. The number of fused-ring (bicyclic) bond motifs is 1. The fourth-order valence-electron chi connectivity index (χ4n) is 5.44. The van der Waals surface area contributed by atoms with Gasteiger partial charge in [0.25, 0.3) is 5.91 Å². The largest absolute Gasteiger partial charge is 0.303 e. The van der Waals surface area contributed by atoms with Crippen LogP contribution in [0.4, 0.5) is 5.69 Å². The molecule has 1 aromatic rings. The van der Waals surface area contributed by atoms with E-state index in [1.807, 2.05) is 23.1 Å². The maximum atomic E-state index is 13.0. The summed E-state index contributed by atoms with van der Waals surface area (Å²) in [6, 6.07) is 9.19. The second-order valence-electron chi connectivity index (χ2n) is 8.84. The van der Waals surface area contributed by atoms with E-state index in [0.717, 1.165) is 55.1 Å². The third-order valence-corrected chi connectivity index (χ3v) is 7.13. The van der Waals surface area contributed by atoms with Gasteiger partial charge in [-0.05, 0) is 56.4 Å². The van der Waals surface area contributed by atoms with Crippen molar-refractivity contribution >= 4 is 17.3 Å². The van der Waals surface area contributed by atoms with Gasteiger partial charge in [0.2, 0.25) is 0 Å². The molecule has 27 heavy (non-hydrogen) atoms. The molecule has 0 radical (unpaired) electrons. The molecule has 0 atom stereocenters. The van der Waals surface area contributed by atoms with E-state index in [9.17, 15) is 4.79 Å². The number of anilines is 1. The number of hydrogen-bond acceptors (Lipinski definition) is 3. The van der Waals surface area contributed by atoms with Crippen molar-refractivity contribution < 1.29 is 4.79 Å². The Kier molecular flexibility index (Phi) is 5.36. The molecule has 4 nitrogen and oxygen atoms in total. The van der Waals surface area contributed by atoms with E-state index in [4.69, 9.17) is 0 Å². The van der Waals surface area contributed by atoms with Crippen molar-refractivity contribution in [2.75, 3.05) is 25.0 Å². The number of aliphatic imine (C=N–C) groups is 1. The van der Waals surface area contributed by atoms with Crippen LogP contribution in [0.1, 0.15) is 57.9 Å². The van der Waals surface area contributed by atoms with Gasteiger partial charge in [-0.2, -0.15) is 0 Å². The lowest BCUT2D eigenvalue weighted by molar-refractivity contribution is -0.112. The van der Waals surface area contributed by atoms with Gasteiger partial charge in [-0.25, -0.2) is 0 Å². The normalized spacial score (nSPS) is 29.0. The zero-order chi connectivity index (χ0) is 19.0. The third kappa shape index (κ3) is 3.44. The highest BCUT2D eigenvalue weighted by Gasteiger charge is 2.39. The average Bonchev–Trinajstić information content (AvgIpc) is 2.99. The van der Waals surface area contributed by atoms with Crippen LogP contribution in [0, 0.1) is 11.8 Å². The number of para-hydroxylation sites is 1. The summed E-state index contributed by atoms with van der Waals surface area (Å²) in [5.74, 6) is 1.84. The van der Waals surface area contributed by atoms with E-state index in [2.05, 4.69) is 29.8 Å². The summed E-state index contributed by atoms with van der Waals surface area (Å²) in [5.41, 5.74) is 2.68. The predicted octanol–water partition coefficient (Wildman–Crippen LogP) is 4.13. The SMILES string of the molecule is CN=C1C(=O)N(C2CCN(C3CCC(C(C)C)CC3)CC2)c2ccccc21. The number of rotatable bonds is 3. The molecular weight excluding hydrogens is 334 g/mol. The Morgan fingerprint density at radius 3 is 2.26 bits per heavy atom. The highest BCUT2D eigenvalue weighted by molar-refractivity contribution is 6.54. The van der Waals surface area contributed by atoms with Crippen LogP contribution < -0.4 is 4.90 Å². The first kappa shape index (κ1) is 18.7. The number of nitrogens with zero attached hydrogens (tertiary/aromatic N) is 3. The molecule has 0 bridgehead atoms. The van der Waals surface area contributed by atoms with E-state index < -0.39 is 0 Å². The zero-order valence-electron chi connectivity index (χ0n) is 17.0. The van der Waals surface area contributed by atoms with E-state index >= 15 is 0 Å². The summed E-state index contributed by atoms with van der Waals surface area (Å²) in [5, 5.41) is 0. The molecule has 0 N–H and O–H groups in total. The van der Waals surface area contributed by atoms with Crippen LogP contribution >= 0.6 is 0 Å². The summed E-state index contributed by atoms with van der Waals surface area (Å²) >= 11 is 0. The minimum Gasteiger partial charge on any atom is -0.303 e. The molecule has 0 aromatic heterocycles. The molecule has 0 unspecified atom stereocenters. The Balaban J connectivity index is 1.40. The number of piperidine rings is 1. The molecule has 4 rings (SSSR count). The zero-order valence-corrected chi connectivity index (χ0v) is 17.0. The van der Waals surface area contributed by atoms with Gasteiger partial charge in [0.15, 0.2) is 0 Å². The van der Waals surface area contributed by atoms with Crippen molar-refractivity contribution in [2.45, 2.75) is 64.5 Å². The molecular formula is C23H33N3O. The predicted molar refractivity (Wildman–Crippen MR) is 112 cm³/mol. The Hall–Kier alpha value is -1.68. The summed E-state index contributed by atoms with van der Waals surface area (Å²) in [7, 11) is 1.73. The van der Waals surface area contributed by atoms with Gasteiger partial charge in [0, 0.05) is 37.8 Å². The van der Waals surface area contributed by atoms with E-state index in [1.54, 1.807) is 7.05 Å². The van der Waals surface area contributed by atoms with Crippen molar-refractivity contribution in [3.05, 3.63) is 29.8 Å². The lowest BCUT2D eigenvalue weighted by atomic mass is 9.79. The highest BCUT2D eigenvalue weighted by atomic mass is 16.2. The van der Waals surface area contributed by atoms with E-state index in [1.165, 1.54) is 25.7 Å². The molecule has 2 heterocycles. The number of likely N-dealkylation sites (tertiary alicyclic amines) is 1. The van der Waals surface area contributed by atoms with Gasteiger partial charge < -0.3 is 9.80 Å². The first-order chi connectivity index (χ1) is 13.1. The number of hydrogen-bond donors (Lipinski definition) is 0. The van der Waals surface area contributed by atoms with E-state index in [-0.39, 0.29) is 5.91 Å². The molecule has 2 fully saturated rings. The molecule has 2 aliphatic heterocycles. The van der Waals surface area contributed by atoms with Crippen molar-refractivity contribution in [1.82, 2.24) is 4.90 Å². The molecule has 3 aliphatic rings. The van der Waals surface area contributed by atoms with Crippen molar-refractivity contribution in [1.29, 1.82) is 0 Å². The first-order valence-corrected chi connectivity index (χ1v) is 10.7. The Labute approximate surface area is 163 Å². The molecule has 146 valence electrons. The Morgan fingerprint density at radius 2 is 1.63 bits per heavy atom. The maximum absolute atomic E-state index is 13.0. The molecule has 1 saturated heterocycles. The van der Waals surface area contributed by atoms with Crippen molar-refractivity contribution in [3.63, 3.8) is 0 Å². The highest BCUT2D eigenvalue weighted by Crippen LogP contribution is 2.36. The van der Waals surface area contributed by atoms with Gasteiger partial charge in [-0.1, -0.05) is 32.0 Å². The quantitative estimate of drug-likeness (QED) is 0.805. The molecule has 1 saturated carbocycles. The topological polar surface area (TPSA) is 35.9 Å². The van der Waals surface area contributed by atoms with Crippen LogP contribution in [0.2, 0.25) is 0 Å². The summed E-state index contributed by atoms with van der Waals surface area (Å²) in [4.78, 5) is 22.0. The smallest absolute Gasteiger partial charge is 0.277 e. The van der Waals surface area contributed by atoms with Crippen molar-refractivity contribution in [3.8, 4) is 0 Å². The monoisotopic (exact) mass is 367 g/mol. The molecule has 1 amide bonds. The Bertz CT molecular complexity index is 710. The maximum Gasteiger partial charge on any atom is 0.277 e. The second-order valence-corrected chi connectivity index (χ2v) is 8.84. The lowest BCUT2D eigenvalue weighted by Crippen LogP contribution is -2.50. The van der Waals surface area contributed by atoms with Crippen LogP contribution in [0.25, 0.3) is 0 Å². The summed E-state index contributed by atoms with van der Waals surface area (Å²) in [6.45, 7) is 6.98. The number of carbonyl (C=O) groups is 1. The number of amides is 1. The number of carbonyl (C=O) groups excluding carboxylic acids is 1. The lowest BCUT2D eigenvalue weighted by Gasteiger charge is -2.43. The van der Waals surface area contributed by atoms with Gasteiger partial charge in [-0.15, -0.1) is 0 Å². The molecule has 0 spiro atoms. The average molecular weight is 368 g/mol. The second kappa shape index (κ2) is 7.75. The molecule has 1 aliphatic carbocycles. The van der Waals surface area contributed by atoms with Crippen LogP contribution in [0.5, 0.6) is 0 Å². The van der Waals surface area contributed by atoms with Gasteiger partial charge >= 0.3 is 0 Å². The van der Waals surface area contributed by atoms with Gasteiger partial charge in [0.05, 0.1) is 5.69 Å². The third-order valence-electron chi connectivity index (χ3n) is 7.13. The number of benzene rings is 1. The van der Waals surface area contributed by atoms with Crippen LogP contribution in [0.15, 0.2) is 29.3 Å². The summed E-state index contributed by atoms with van der Waals surface area (Å²) < 4.78 is 0. The van der Waals surface area contributed by atoms with E-state index in [0.29, 0.717) is 11.8 Å². The minimum atomic E-state index is 0.0922. The Morgan fingerprint density at radius 1 is 0.963 bits per heavy atom. The summed E-state index contributed by atoms with van der Waals surface area (Å²) in [6.07, 6.45) is 7.62. The molecule has 1 aromatic carbocycles. The van der Waals surface area contributed by atoms with Gasteiger partial charge in [0.1, 0.15) is 5.71 Å². The van der Waals surface area contributed by atoms with Crippen LogP contribution in [-0.4, -0.2) is 48.7 Å². The van der Waals surface area contributed by atoms with Gasteiger partial charge in [-0.3, -0.25) is 9.79 Å². The van der Waals surface area contributed by atoms with Crippen LogP contribution in [0.3, 0.4) is 0 Å². The minimum absolute atomic E-state index is 0.0922.